The number of benzene rings is 1. The molecule has 2 atom stereocenters. The number of hydrogen-bond acceptors (Lipinski definition) is 3. The van der Waals surface area contributed by atoms with Gasteiger partial charge < -0.3 is 14.4 Å². The van der Waals surface area contributed by atoms with Crippen molar-refractivity contribution < 1.29 is 14.3 Å². The van der Waals surface area contributed by atoms with E-state index in [1.54, 1.807) is 12.0 Å². The fourth-order valence-electron chi connectivity index (χ4n) is 2.32. The van der Waals surface area contributed by atoms with Crippen molar-refractivity contribution in [3.63, 3.8) is 0 Å². The van der Waals surface area contributed by atoms with E-state index in [-0.39, 0.29) is 18.2 Å². The number of methoxy groups -OCH3 is 1. The van der Waals surface area contributed by atoms with Crippen LogP contribution in [0, 0.1) is 0 Å². The molecule has 1 saturated heterocycles. The molecule has 0 radical (unpaired) electrons. The molecule has 1 aliphatic rings. The molecule has 0 N–H and O–H groups in total. The third-order valence-corrected chi connectivity index (χ3v) is 3.61. The van der Waals surface area contributed by atoms with E-state index in [0.717, 1.165) is 18.4 Å². The lowest BCUT2D eigenvalue weighted by atomic mass is 10.0. The molecule has 2 rings (SSSR count). The number of ether oxygens (including phenoxy) is 2. The number of hydrogen-bond donors (Lipinski definition) is 0. The maximum atomic E-state index is 12.1. The van der Waals surface area contributed by atoms with Gasteiger partial charge in [-0.2, -0.15) is 0 Å². The molecule has 1 aromatic rings. The van der Waals surface area contributed by atoms with Gasteiger partial charge in [-0.1, -0.05) is 30.3 Å². The van der Waals surface area contributed by atoms with Crippen LogP contribution in [0.3, 0.4) is 0 Å². The van der Waals surface area contributed by atoms with Crippen molar-refractivity contribution in [2.45, 2.75) is 38.5 Å². The summed E-state index contributed by atoms with van der Waals surface area (Å²) >= 11 is 0. The summed E-state index contributed by atoms with van der Waals surface area (Å²) in [6.07, 6.45) is 1.83. The summed E-state index contributed by atoms with van der Waals surface area (Å²) in [6.45, 7) is 2.99. The number of likely N-dealkylation sites (tertiary alicyclic amines) is 1. The summed E-state index contributed by atoms with van der Waals surface area (Å²) in [6, 6.07) is 9.94. The number of piperidine rings is 1. The summed E-state index contributed by atoms with van der Waals surface area (Å²) < 4.78 is 10.7. The Labute approximate surface area is 114 Å². The molecule has 0 saturated carbocycles. The van der Waals surface area contributed by atoms with Crippen molar-refractivity contribution in [3.05, 3.63) is 35.9 Å². The van der Waals surface area contributed by atoms with Gasteiger partial charge in [0.1, 0.15) is 6.61 Å². The SMILES string of the molecule is COC1CC[C@@H](C)N(C(=O)OCc2ccccc2)C1. The fraction of sp³-hybridized carbons (Fsp3) is 0.533. The fourth-order valence-corrected chi connectivity index (χ4v) is 2.32. The van der Waals surface area contributed by atoms with Crippen LogP contribution in [0.15, 0.2) is 30.3 Å². The van der Waals surface area contributed by atoms with Gasteiger partial charge in [0.25, 0.3) is 0 Å². The summed E-state index contributed by atoms with van der Waals surface area (Å²) in [4.78, 5) is 13.9. The molecule has 1 aromatic carbocycles. The van der Waals surface area contributed by atoms with Gasteiger partial charge in [0.05, 0.1) is 12.6 Å². The Morgan fingerprint density at radius 3 is 2.74 bits per heavy atom. The zero-order chi connectivity index (χ0) is 13.7. The molecular formula is C15H21NO3. The lowest BCUT2D eigenvalue weighted by Gasteiger charge is -2.36. The van der Waals surface area contributed by atoms with Gasteiger partial charge in [-0.05, 0) is 25.3 Å². The van der Waals surface area contributed by atoms with Crippen LogP contribution in [-0.2, 0) is 16.1 Å². The van der Waals surface area contributed by atoms with Gasteiger partial charge in [-0.25, -0.2) is 4.79 Å². The number of nitrogens with zero attached hydrogens (tertiary/aromatic N) is 1. The Bertz CT molecular complexity index is 407. The van der Waals surface area contributed by atoms with Gasteiger partial charge in [-0.3, -0.25) is 0 Å². The molecule has 0 aromatic heterocycles. The summed E-state index contributed by atoms with van der Waals surface area (Å²) in [7, 11) is 1.69. The van der Waals surface area contributed by atoms with E-state index in [1.807, 2.05) is 30.3 Å². The van der Waals surface area contributed by atoms with E-state index in [1.165, 1.54) is 0 Å². The first-order valence-corrected chi connectivity index (χ1v) is 6.71. The van der Waals surface area contributed by atoms with Crippen LogP contribution < -0.4 is 0 Å². The second-order valence-corrected chi connectivity index (χ2v) is 4.98. The average molecular weight is 263 g/mol. The predicted octanol–water partition coefficient (Wildman–Crippen LogP) is 2.82. The summed E-state index contributed by atoms with van der Waals surface area (Å²) in [5, 5.41) is 0. The van der Waals surface area contributed by atoms with E-state index in [9.17, 15) is 4.79 Å². The molecule has 1 amide bonds. The van der Waals surface area contributed by atoms with Crippen molar-refractivity contribution in [1.82, 2.24) is 4.90 Å². The smallest absolute Gasteiger partial charge is 0.410 e. The number of amides is 1. The number of carbonyl (C=O) groups excluding carboxylic acids is 1. The van der Waals surface area contributed by atoms with Gasteiger partial charge in [-0.15, -0.1) is 0 Å². The highest BCUT2D eigenvalue weighted by atomic mass is 16.6. The van der Waals surface area contributed by atoms with Crippen LogP contribution in [0.5, 0.6) is 0 Å². The summed E-state index contributed by atoms with van der Waals surface area (Å²) in [5.41, 5.74) is 1.00. The highest BCUT2D eigenvalue weighted by Crippen LogP contribution is 2.20. The third kappa shape index (κ3) is 3.70. The van der Waals surface area contributed by atoms with Crippen molar-refractivity contribution in [2.75, 3.05) is 13.7 Å². The van der Waals surface area contributed by atoms with Crippen molar-refractivity contribution in [1.29, 1.82) is 0 Å². The topological polar surface area (TPSA) is 38.8 Å². The molecule has 19 heavy (non-hydrogen) atoms. The first-order valence-electron chi connectivity index (χ1n) is 6.71. The van der Waals surface area contributed by atoms with E-state index < -0.39 is 0 Å². The van der Waals surface area contributed by atoms with E-state index in [4.69, 9.17) is 9.47 Å². The van der Waals surface area contributed by atoms with Crippen molar-refractivity contribution >= 4 is 6.09 Å². The number of carbonyl (C=O) groups is 1. The Morgan fingerprint density at radius 2 is 2.05 bits per heavy atom. The van der Waals surface area contributed by atoms with Crippen LogP contribution in [0.4, 0.5) is 4.79 Å². The lowest BCUT2D eigenvalue weighted by molar-refractivity contribution is 0.00371. The predicted molar refractivity (Wildman–Crippen MR) is 72.8 cm³/mol. The molecular weight excluding hydrogens is 242 g/mol. The molecule has 1 aliphatic heterocycles. The lowest BCUT2D eigenvalue weighted by Crippen LogP contribution is -2.48. The van der Waals surface area contributed by atoms with Crippen LogP contribution in [0.2, 0.25) is 0 Å². The number of rotatable bonds is 3. The van der Waals surface area contributed by atoms with E-state index in [2.05, 4.69) is 6.92 Å². The maximum Gasteiger partial charge on any atom is 0.410 e. The first kappa shape index (κ1) is 13.9. The quantitative estimate of drug-likeness (QED) is 0.841. The zero-order valence-corrected chi connectivity index (χ0v) is 11.5. The molecule has 4 nitrogen and oxygen atoms in total. The minimum atomic E-state index is -0.252. The Morgan fingerprint density at radius 1 is 1.32 bits per heavy atom. The van der Waals surface area contributed by atoms with E-state index >= 15 is 0 Å². The van der Waals surface area contributed by atoms with Gasteiger partial charge in [0.2, 0.25) is 0 Å². The summed E-state index contributed by atoms with van der Waals surface area (Å²) in [5.74, 6) is 0. The van der Waals surface area contributed by atoms with Gasteiger partial charge in [0, 0.05) is 13.2 Å². The second kappa shape index (κ2) is 6.57. The third-order valence-electron chi connectivity index (χ3n) is 3.61. The van der Waals surface area contributed by atoms with Crippen LogP contribution >= 0.6 is 0 Å². The van der Waals surface area contributed by atoms with Crippen LogP contribution in [0.25, 0.3) is 0 Å². The van der Waals surface area contributed by atoms with Crippen LogP contribution in [-0.4, -0.2) is 36.8 Å². The Kier molecular flexibility index (Phi) is 4.80. The Balaban J connectivity index is 1.88. The molecule has 1 fully saturated rings. The monoisotopic (exact) mass is 263 g/mol. The highest BCUT2D eigenvalue weighted by molar-refractivity contribution is 5.68. The van der Waals surface area contributed by atoms with E-state index in [0.29, 0.717) is 13.2 Å². The molecule has 0 spiro atoms. The zero-order valence-electron chi connectivity index (χ0n) is 11.5. The average Bonchev–Trinajstić information content (AvgIpc) is 2.46. The molecule has 0 aliphatic carbocycles. The van der Waals surface area contributed by atoms with Gasteiger partial charge >= 0.3 is 6.09 Å². The minimum Gasteiger partial charge on any atom is -0.445 e. The minimum absolute atomic E-state index is 0.125. The Hall–Kier alpha value is -1.55. The standard InChI is InChI=1S/C15H21NO3/c1-12-8-9-14(18-2)10-16(12)15(17)19-11-13-6-4-3-5-7-13/h3-7,12,14H,8-11H2,1-2H3/t12-,14?/m1/s1. The van der Waals surface area contributed by atoms with Crippen molar-refractivity contribution in [3.8, 4) is 0 Å². The second-order valence-electron chi connectivity index (χ2n) is 4.98. The molecule has 4 heteroatoms. The maximum absolute atomic E-state index is 12.1. The van der Waals surface area contributed by atoms with Crippen LogP contribution in [0.1, 0.15) is 25.3 Å². The first-order chi connectivity index (χ1) is 9.20. The van der Waals surface area contributed by atoms with Gasteiger partial charge in [0.15, 0.2) is 0 Å². The molecule has 1 heterocycles. The van der Waals surface area contributed by atoms with Crippen molar-refractivity contribution in [2.24, 2.45) is 0 Å². The molecule has 0 bridgehead atoms. The molecule has 104 valence electrons. The highest BCUT2D eigenvalue weighted by Gasteiger charge is 2.29. The largest absolute Gasteiger partial charge is 0.445 e. The molecule has 1 unspecified atom stereocenters. The normalized spacial score (nSPS) is 23.2.